The van der Waals surface area contributed by atoms with Crippen molar-refractivity contribution in [2.75, 3.05) is 13.9 Å². The van der Waals surface area contributed by atoms with E-state index >= 15 is 0 Å². The van der Waals surface area contributed by atoms with Crippen LogP contribution in [0.3, 0.4) is 0 Å². The van der Waals surface area contributed by atoms with Gasteiger partial charge >= 0.3 is 19.9 Å². The van der Waals surface area contributed by atoms with Crippen LogP contribution in [0.15, 0.2) is 58.1 Å². The maximum atomic E-state index is 13.3. The SMILES string of the molecule is CCC[C@@](/C=C/P(=O)(O)O)(CCc1ccc(Sc2cc(C(F)(F)F)ccc2OCOC)cc1Cl)NC(=O)OC(C)(C)C. The number of methoxy groups -OCH3 is 1. The molecule has 3 N–H and O–H groups in total. The third kappa shape index (κ3) is 12.2. The maximum absolute atomic E-state index is 13.3. The minimum Gasteiger partial charge on any atom is -0.466 e. The standard InChI is InChI=1S/C28H36ClF3NO7PS/c1-6-12-27(14-15-41(35,36)37,33-25(34)40-26(2,3)4)13-11-19-7-9-21(17-22(19)29)42-24-16-20(28(30,31)32)8-10-23(24)39-18-38-5/h7-10,14-17H,6,11-13,18H2,1-5H3,(H,33,34)(H2,35,36,37)/b15-14+/t27-/m0/s1. The van der Waals surface area contributed by atoms with Crippen LogP contribution in [0.25, 0.3) is 0 Å². The summed E-state index contributed by atoms with van der Waals surface area (Å²) in [6.07, 6.45) is -2.51. The van der Waals surface area contributed by atoms with E-state index in [4.69, 9.17) is 25.8 Å². The van der Waals surface area contributed by atoms with Crippen LogP contribution in [0.4, 0.5) is 18.0 Å². The largest absolute Gasteiger partial charge is 0.466 e. The Kier molecular flexibility index (Phi) is 12.8. The van der Waals surface area contributed by atoms with Crippen molar-refractivity contribution in [3.63, 3.8) is 0 Å². The molecule has 0 aliphatic heterocycles. The van der Waals surface area contributed by atoms with Crippen molar-refractivity contribution in [1.82, 2.24) is 5.32 Å². The number of nitrogens with one attached hydrogen (secondary N) is 1. The zero-order valence-corrected chi connectivity index (χ0v) is 26.4. The van der Waals surface area contributed by atoms with Gasteiger partial charge in [-0.1, -0.05) is 48.8 Å². The van der Waals surface area contributed by atoms with Gasteiger partial charge in [0.2, 0.25) is 0 Å². The Morgan fingerprint density at radius 3 is 2.36 bits per heavy atom. The lowest BCUT2D eigenvalue weighted by Crippen LogP contribution is -2.49. The number of carbonyl (C=O) groups excluding carboxylic acids is 1. The number of ether oxygens (including phenoxy) is 3. The lowest BCUT2D eigenvalue weighted by molar-refractivity contribution is -0.137. The van der Waals surface area contributed by atoms with Crippen LogP contribution in [0.1, 0.15) is 58.1 Å². The monoisotopic (exact) mass is 653 g/mol. The number of alkyl carbamates (subject to hydrolysis) is 1. The molecule has 0 saturated heterocycles. The van der Waals surface area contributed by atoms with Gasteiger partial charge in [-0.15, -0.1) is 0 Å². The van der Waals surface area contributed by atoms with E-state index in [1.165, 1.54) is 19.3 Å². The smallest absolute Gasteiger partial charge is 0.416 e. The first-order chi connectivity index (χ1) is 19.4. The molecule has 0 heterocycles. The average Bonchev–Trinajstić information content (AvgIpc) is 2.84. The highest BCUT2D eigenvalue weighted by atomic mass is 35.5. The highest BCUT2D eigenvalue weighted by Crippen LogP contribution is 2.41. The van der Waals surface area contributed by atoms with Crippen molar-refractivity contribution in [2.45, 2.75) is 80.5 Å². The molecule has 8 nitrogen and oxygen atoms in total. The summed E-state index contributed by atoms with van der Waals surface area (Å²) in [6.45, 7) is 6.82. The molecular formula is C28H36ClF3NO7PS. The predicted octanol–water partition coefficient (Wildman–Crippen LogP) is 8.18. The molecule has 0 saturated carbocycles. The van der Waals surface area contributed by atoms with Gasteiger partial charge in [0.15, 0.2) is 6.79 Å². The van der Waals surface area contributed by atoms with Crippen molar-refractivity contribution >= 4 is 37.1 Å². The third-order valence-electron chi connectivity index (χ3n) is 5.73. The Labute approximate surface area is 253 Å². The Hall–Kier alpha value is -2.21. The number of carbonyl (C=O) groups is 1. The summed E-state index contributed by atoms with van der Waals surface area (Å²) >= 11 is 7.61. The minimum atomic E-state index is -4.54. The van der Waals surface area contributed by atoms with Crippen molar-refractivity contribution < 1.29 is 46.5 Å². The first-order valence-electron chi connectivity index (χ1n) is 12.9. The zero-order chi connectivity index (χ0) is 31.8. The van der Waals surface area contributed by atoms with Gasteiger partial charge in [0.1, 0.15) is 11.4 Å². The molecule has 14 heteroatoms. The van der Waals surface area contributed by atoms with Crippen molar-refractivity contribution in [1.29, 1.82) is 0 Å². The van der Waals surface area contributed by atoms with Gasteiger partial charge in [-0.3, -0.25) is 4.57 Å². The number of hydrogen-bond donors (Lipinski definition) is 3. The third-order valence-corrected chi connectivity index (χ3v) is 7.65. The molecular weight excluding hydrogens is 618 g/mol. The second kappa shape index (κ2) is 15.0. The summed E-state index contributed by atoms with van der Waals surface area (Å²) in [5, 5.41) is 3.11. The second-order valence-corrected chi connectivity index (χ2v) is 13.5. The van der Waals surface area contributed by atoms with Gasteiger partial charge < -0.3 is 29.3 Å². The fourth-order valence-electron chi connectivity index (χ4n) is 3.94. The number of halogens is 4. The summed E-state index contributed by atoms with van der Waals surface area (Å²) in [7, 11) is -3.13. The van der Waals surface area contributed by atoms with Gasteiger partial charge in [-0.05, 0) is 75.9 Å². The molecule has 0 aliphatic rings. The summed E-state index contributed by atoms with van der Waals surface area (Å²) in [5.41, 5.74) is -2.11. The molecule has 0 bridgehead atoms. The summed E-state index contributed by atoms with van der Waals surface area (Å²) in [4.78, 5) is 32.4. The Balaban J connectivity index is 2.35. The van der Waals surface area contributed by atoms with E-state index in [0.717, 1.165) is 29.7 Å². The van der Waals surface area contributed by atoms with E-state index in [0.29, 0.717) is 34.7 Å². The molecule has 0 aliphatic carbocycles. The Bertz CT molecular complexity index is 1300. The number of alkyl halides is 3. The van der Waals surface area contributed by atoms with E-state index in [-0.39, 0.29) is 23.9 Å². The first kappa shape index (κ1) is 36.0. The van der Waals surface area contributed by atoms with Crippen molar-refractivity contribution in [3.8, 4) is 5.75 Å². The normalized spacial score (nSPS) is 14.1. The fraction of sp³-hybridized carbons (Fsp3) is 0.464. The quantitative estimate of drug-likeness (QED) is 0.147. The predicted molar refractivity (Wildman–Crippen MR) is 156 cm³/mol. The molecule has 1 amide bonds. The number of amides is 1. The number of rotatable bonds is 13. The van der Waals surface area contributed by atoms with Gasteiger partial charge in [0.25, 0.3) is 0 Å². The molecule has 2 aromatic carbocycles. The van der Waals surface area contributed by atoms with Crippen molar-refractivity contribution in [2.24, 2.45) is 0 Å². The molecule has 0 unspecified atom stereocenters. The molecule has 234 valence electrons. The summed E-state index contributed by atoms with van der Waals surface area (Å²) in [5.74, 6) is 0.976. The molecule has 0 radical (unpaired) electrons. The molecule has 0 aromatic heterocycles. The van der Waals surface area contributed by atoms with E-state index in [9.17, 15) is 32.3 Å². The highest BCUT2D eigenvalue weighted by molar-refractivity contribution is 7.99. The first-order valence-corrected chi connectivity index (χ1v) is 15.8. The number of aryl methyl sites for hydroxylation is 1. The summed E-state index contributed by atoms with van der Waals surface area (Å²) < 4.78 is 67.4. The van der Waals surface area contributed by atoms with E-state index in [1.54, 1.807) is 39.0 Å². The van der Waals surface area contributed by atoms with Crippen LogP contribution in [0, 0.1) is 0 Å². The van der Waals surface area contributed by atoms with Crippen LogP contribution in [-0.4, -0.2) is 40.9 Å². The van der Waals surface area contributed by atoms with Gasteiger partial charge in [-0.2, -0.15) is 13.2 Å². The molecule has 2 aromatic rings. The number of benzene rings is 2. The number of hydrogen-bond acceptors (Lipinski definition) is 6. The van der Waals surface area contributed by atoms with Gasteiger partial charge in [-0.25, -0.2) is 4.79 Å². The molecule has 1 atom stereocenters. The molecule has 2 rings (SSSR count). The second-order valence-electron chi connectivity index (χ2n) is 10.5. The Morgan fingerprint density at radius 2 is 1.81 bits per heavy atom. The lowest BCUT2D eigenvalue weighted by Gasteiger charge is -2.33. The summed E-state index contributed by atoms with van der Waals surface area (Å²) in [6, 6.07) is 8.17. The zero-order valence-electron chi connectivity index (χ0n) is 24.0. The van der Waals surface area contributed by atoms with Gasteiger partial charge in [0.05, 0.1) is 16.0 Å². The van der Waals surface area contributed by atoms with Crippen LogP contribution < -0.4 is 10.1 Å². The van der Waals surface area contributed by atoms with Crippen LogP contribution in [0.5, 0.6) is 5.75 Å². The van der Waals surface area contributed by atoms with E-state index < -0.39 is 36.6 Å². The van der Waals surface area contributed by atoms with Crippen LogP contribution in [0.2, 0.25) is 5.02 Å². The topological polar surface area (TPSA) is 114 Å². The lowest BCUT2D eigenvalue weighted by atomic mass is 9.87. The fourth-order valence-corrected chi connectivity index (χ4v) is 5.74. The van der Waals surface area contributed by atoms with Gasteiger partial charge in [0, 0.05) is 22.8 Å². The minimum absolute atomic E-state index is 0.147. The average molecular weight is 654 g/mol. The highest BCUT2D eigenvalue weighted by Gasteiger charge is 2.33. The van der Waals surface area contributed by atoms with E-state index in [2.05, 4.69) is 5.32 Å². The molecule has 0 spiro atoms. The van der Waals surface area contributed by atoms with E-state index in [1.807, 2.05) is 6.92 Å². The van der Waals surface area contributed by atoms with Crippen LogP contribution >= 0.6 is 31.0 Å². The van der Waals surface area contributed by atoms with Crippen LogP contribution in [-0.2, 0) is 26.6 Å². The maximum Gasteiger partial charge on any atom is 0.416 e. The van der Waals surface area contributed by atoms with Crippen molar-refractivity contribution in [3.05, 3.63) is 64.4 Å². The molecule has 42 heavy (non-hydrogen) atoms. The molecule has 0 fully saturated rings. The Morgan fingerprint density at radius 1 is 1.12 bits per heavy atom.